The average molecular weight is 1300 g/mol. The van der Waals surface area contributed by atoms with Crippen LogP contribution in [-0.4, -0.2) is 190 Å². The fraction of sp³-hybridized carbons (Fsp3) is 0.557. The number of benzene rings is 2. The zero-order valence-corrected chi connectivity index (χ0v) is 54.0. The molecule has 29 heteroatoms. The second-order valence-electron chi connectivity index (χ2n) is 23.7. The first-order valence-corrected chi connectivity index (χ1v) is 31.8. The molecular formula is C61H84ClN9O18S. The number of nitrogens with zero attached hydrogens (tertiary/aromatic N) is 3. The van der Waals surface area contributed by atoms with Gasteiger partial charge in [0.25, 0.3) is 5.91 Å². The minimum Gasteiger partial charge on any atom is -0.495 e. The third kappa shape index (κ3) is 17.9. The number of urea groups is 1. The highest BCUT2D eigenvalue weighted by Crippen LogP contribution is 2.49. The Bertz CT molecular complexity index is 3270. The number of halogens is 1. The third-order valence-electron chi connectivity index (χ3n) is 16.5. The molecule has 4 bridgehead atoms. The number of esters is 1. The Hall–Kier alpha value is -7.63. The number of amides is 9. The number of hydrogen-bond acceptors (Lipinski definition) is 18. The van der Waals surface area contributed by atoms with Gasteiger partial charge in [-0.05, 0) is 101 Å². The van der Waals surface area contributed by atoms with Crippen molar-refractivity contribution >= 4 is 86.3 Å². The van der Waals surface area contributed by atoms with Gasteiger partial charge >= 0.3 is 18.1 Å². The number of nitrogens with two attached hydrogens (primary N) is 1. The van der Waals surface area contributed by atoms with Gasteiger partial charge in [0.05, 0.1) is 35.9 Å². The highest BCUT2D eigenvalue weighted by molar-refractivity contribution is 7.90. The number of ether oxygens (including phenoxy) is 5. The lowest BCUT2D eigenvalue weighted by atomic mass is 9.83. The van der Waals surface area contributed by atoms with Crippen LogP contribution in [0.5, 0.6) is 5.75 Å². The van der Waals surface area contributed by atoms with Crippen molar-refractivity contribution in [2.75, 3.05) is 57.9 Å². The number of fused-ring (bicyclic) bond motifs is 5. The van der Waals surface area contributed by atoms with Crippen molar-refractivity contribution in [3.05, 3.63) is 82.4 Å². The number of anilines is 2. The number of nitrogens with one attached hydrogen (secondary N) is 5. The molecule has 2 aromatic rings. The summed E-state index contributed by atoms with van der Waals surface area (Å²) in [5.74, 6) is -5.78. The van der Waals surface area contributed by atoms with Crippen molar-refractivity contribution in [3.8, 4) is 5.75 Å². The van der Waals surface area contributed by atoms with E-state index < -0.39 is 141 Å². The lowest BCUT2D eigenvalue weighted by Gasteiger charge is -2.42. The van der Waals surface area contributed by atoms with E-state index in [1.54, 1.807) is 58.1 Å². The van der Waals surface area contributed by atoms with Crippen molar-refractivity contribution in [2.45, 2.75) is 164 Å². The molecule has 27 nitrogen and oxygen atoms in total. The number of alkyl carbamates (subject to hydrolysis) is 1. The van der Waals surface area contributed by atoms with Crippen LogP contribution >= 0.6 is 11.6 Å². The molecule has 0 radical (unpaired) electrons. The van der Waals surface area contributed by atoms with E-state index in [0.29, 0.717) is 31.2 Å². The van der Waals surface area contributed by atoms with Gasteiger partial charge in [0.2, 0.25) is 29.5 Å². The number of allylic oxidation sites excluding steroid dienone is 3. The summed E-state index contributed by atoms with van der Waals surface area (Å²) >= 11 is 6.85. The van der Waals surface area contributed by atoms with Crippen molar-refractivity contribution in [2.24, 2.45) is 17.6 Å². The second-order valence-corrected chi connectivity index (χ2v) is 26.0. The number of rotatable bonds is 23. The Morgan fingerprint density at radius 3 is 2.34 bits per heavy atom. The van der Waals surface area contributed by atoms with Gasteiger partial charge in [-0.2, -0.15) is 0 Å². The molecule has 0 aliphatic carbocycles. The van der Waals surface area contributed by atoms with Crippen molar-refractivity contribution in [1.29, 1.82) is 0 Å². The summed E-state index contributed by atoms with van der Waals surface area (Å²) in [6.45, 7) is 10.2. The SMILES string of the molecule is COc1cc2cc(c1Cl)N(C)C(=O)C[C@H](OC(=O)[C@H](C)N(C)C(=O)c1ccc(NC(=O)[C@H](CCCNC(N)=O)NC(=O)[C@@H](NC(=O)CCCCCN3C(=O)C=CC3O)C(C)C)c(S(C)(=O)=O)c1)[C@]1(C)O[C@H]1[C@H](C)[C@@H]1C[C@@](O)(NC(=O)O1)[C@H](OC)/C=C/C=C(\C)C2. The maximum Gasteiger partial charge on any atom is 0.409 e. The predicted molar refractivity (Wildman–Crippen MR) is 329 cm³/mol. The Morgan fingerprint density at radius 1 is 1.00 bits per heavy atom. The smallest absolute Gasteiger partial charge is 0.409 e. The summed E-state index contributed by atoms with van der Waals surface area (Å²) in [5, 5.41) is 34.8. The number of likely N-dealkylation sites (N-methyl/N-ethyl adjacent to an activating group) is 1. The van der Waals surface area contributed by atoms with Gasteiger partial charge < -0.3 is 75.6 Å². The molecule has 4 aliphatic rings. The zero-order valence-electron chi connectivity index (χ0n) is 52.5. The molecule has 0 spiro atoms. The molecule has 6 rings (SSSR count). The van der Waals surface area contributed by atoms with Crippen LogP contribution in [0.3, 0.4) is 0 Å². The molecule has 9 amide bonds. The van der Waals surface area contributed by atoms with Gasteiger partial charge in [0.1, 0.15) is 59.0 Å². The van der Waals surface area contributed by atoms with Gasteiger partial charge in [0.15, 0.2) is 15.6 Å². The number of carbonyl (C=O) groups is 9. The van der Waals surface area contributed by atoms with E-state index in [2.05, 4.69) is 26.6 Å². The van der Waals surface area contributed by atoms with Crippen molar-refractivity contribution < 1.29 is 85.5 Å². The van der Waals surface area contributed by atoms with Gasteiger partial charge in [-0.1, -0.05) is 62.6 Å². The lowest BCUT2D eigenvalue weighted by Crippen LogP contribution is -2.63. The molecule has 90 heavy (non-hydrogen) atoms. The van der Waals surface area contributed by atoms with Crippen LogP contribution < -0.4 is 42.0 Å². The van der Waals surface area contributed by atoms with Gasteiger partial charge in [-0.25, -0.2) is 22.8 Å². The molecule has 2 fully saturated rings. The molecule has 1 unspecified atom stereocenters. The Labute approximate surface area is 528 Å². The minimum absolute atomic E-state index is 0.00961. The monoisotopic (exact) mass is 1300 g/mol. The average Bonchev–Trinajstić information content (AvgIpc) is 1.56. The summed E-state index contributed by atoms with van der Waals surface area (Å²) in [6, 6.07) is 2.03. The fourth-order valence-electron chi connectivity index (χ4n) is 11.0. The molecule has 0 aromatic heterocycles. The van der Waals surface area contributed by atoms with E-state index in [-0.39, 0.29) is 72.4 Å². The molecular weight excluding hydrogens is 1210 g/mol. The lowest BCUT2D eigenvalue weighted by molar-refractivity contribution is -0.158. The first kappa shape index (κ1) is 71.4. The van der Waals surface area contributed by atoms with E-state index >= 15 is 0 Å². The van der Waals surface area contributed by atoms with Crippen molar-refractivity contribution in [1.82, 2.24) is 31.1 Å². The second kappa shape index (κ2) is 30.5. The number of epoxide rings is 1. The minimum atomic E-state index is -4.28. The summed E-state index contributed by atoms with van der Waals surface area (Å²) in [4.78, 5) is 124. The largest absolute Gasteiger partial charge is 0.495 e. The number of sulfone groups is 1. The van der Waals surface area contributed by atoms with Crippen LogP contribution in [-0.2, 0) is 64.0 Å². The van der Waals surface area contributed by atoms with Crippen molar-refractivity contribution in [3.63, 3.8) is 0 Å². The number of unbranched alkanes of at least 4 members (excludes halogenated alkanes) is 2. The van der Waals surface area contributed by atoms with E-state index in [1.807, 2.05) is 6.92 Å². The molecule has 4 aliphatic heterocycles. The van der Waals surface area contributed by atoms with Crippen LogP contribution in [0.25, 0.3) is 0 Å². The number of aliphatic hydroxyl groups is 2. The first-order chi connectivity index (χ1) is 42.2. The summed E-state index contributed by atoms with van der Waals surface area (Å²) in [6.07, 6.45) is 3.52. The van der Waals surface area contributed by atoms with Crippen LogP contribution in [0.4, 0.5) is 21.0 Å². The molecule has 11 atom stereocenters. The molecule has 2 saturated heterocycles. The Balaban J connectivity index is 1.21. The Morgan fingerprint density at radius 2 is 1.71 bits per heavy atom. The van der Waals surface area contributed by atoms with Gasteiger partial charge in [-0.3, -0.25) is 34.1 Å². The van der Waals surface area contributed by atoms with E-state index in [0.717, 1.165) is 28.9 Å². The highest BCUT2D eigenvalue weighted by Gasteiger charge is 2.64. The maximum atomic E-state index is 14.6. The number of hydrogen-bond donors (Lipinski definition) is 8. The van der Waals surface area contributed by atoms with Gasteiger partial charge in [0, 0.05) is 70.9 Å². The normalized spacial score (nSPS) is 25.5. The number of methoxy groups -OCH3 is 2. The highest BCUT2D eigenvalue weighted by atomic mass is 35.5. The van der Waals surface area contributed by atoms with Crippen LogP contribution in [0.2, 0.25) is 5.02 Å². The molecule has 0 saturated carbocycles. The topological polar surface area (TPSA) is 374 Å². The van der Waals surface area contributed by atoms with Crippen LogP contribution in [0.15, 0.2) is 71.2 Å². The number of carbonyl (C=O) groups excluding carboxylic acids is 9. The van der Waals surface area contributed by atoms with E-state index in [1.165, 1.54) is 63.3 Å². The predicted octanol–water partition coefficient (Wildman–Crippen LogP) is 3.52. The zero-order chi connectivity index (χ0) is 66.7. The Kier molecular flexibility index (Phi) is 24.2. The van der Waals surface area contributed by atoms with E-state index in [4.69, 9.17) is 41.0 Å². The summed E-state index contributed by atoms with van der Waals surface area (Å²) in [5.41, 5.74) is 3.14. The standard InChI is InChI=1S/C61H84ClN9O18S/c1-33(2)52(67-47(72)20-13-12-14-26-71-48(73)23-24-49(71)74)55(77)66-40(18-16-25-64-58(63)80)54(76)65-39-22-21-38(30-44(39)90(11,83)84)56(78)69(7)36(5)57(79)88-46-31-50(75)70(8)41-28-37(29-42(85-9)51(41)62)27-34(3)17-15-19-45(86-10)61(82)32-43(87-59(81)68-61)35(4)53-60(46,6)89-53/h15,17,19,21-24,28-30,33,35-36,40,43,45-46,48,52-53,73,82H,12-14,16,18,20,25-27,31-32H2,1-11H3,(H,65,76)(H,66,77)(H,67,72)(H,68,81)(H3,63,64,80)/b19-15+,34-17+/t35-,36+,40+,43+,45-,46+,48?,52+,53+,60+,61+/m1/s1. The van der Waals surface area contributed by atoms with E-state index in [9.17, 15) is 61.8 Å². The van der Waals surface area contributed by atoms with Crippen LogP contribution in [0, 0.1) is 11.8 Å². The quantitative estimate of drug-likeness (QED) is 0.0448. The summed E-state index contributed by atoms with van der Waals surface area (Å²) < 4.78 is 56.5. The number of aliphatic hydroxyl groups excluding tert-OH is 1. The fourth-order valence-corrected chi connectivity index (χ4v) is 12.2. The summed E-state index contributed by atoms with van der Waals surface area (Å²) in [7, 11) is 1.29. The number of primary amides is 1. The van der Waals surface area contributed by atoms with Crippen LogP contribution in [0.1, 0.15) is 109 Å². The third-order valence-corrected chi connectivity index (χ3v) is 18.0. The van der Waals surface area contributed by atoms with Gasteiger partial charge in [-0.15, -0.1) is 0 Å². The maximum absolute atomic E-state index is 14.6. The molecule has 2 aromatic carbocycles. The first-order valence-electron chi connectivity index (χ1n) is 29.5. The molecule has 4 heterocycles. The molecule has 9 N–H and O–H groups in total. The molecule has 494 valence electrons.